The molecule has 23 heavy (non-hydrogen) atoms. The Labute approximate surface area is 143 Å². The molecule has 120 valence electrons. The van der Waals surface area contributed by atoms with Gasteiger partial charge in [-0.3, -0.25) is 4.79 Å². The lowest BCUT2D eigenvalue weighted by atomic mass is 10.2. The van der Waals surface area contributed by atoms with Gasteiger partial charge in [0.1, 0.15) is 4.88 Å². The molecule has 0 unspecified atom stereocenters. The maximum absolute atomic E-state index is 12.2. The summed E-state index contributed by atoms with van der Waals surface area (Å²) in [6.07, 6.45) is 2.33. The number of halogens is 1. The van der Waals surface area contributed by atoms with Crippen LogP contribution in [0.4, 0.5) is 5.69 Å². The Morgan fingerprint density at radius 3 is 2.70 bits per heavy atom. The third kappa shape index (κ3) is 3.74. The summed E-state index contributed by atoms with van der Waals surface area (Å²) in [5.41, 5.74) is 1.85. The number of hydrogen-bond acceptors (Lipinski definition) is 4. The van der Waals surface area contributed by atoms with E-state index >= 15 is 0 Å². The van der Waals surface area contributed by atoms with E-state index in [4.69, 9.17) is 16.3 Å². The molecule has 0 saturated carbocycles. The highest BCUT2D eigenvalue weighted by molar-refractivity contribution is 7.14. The largest absolute Gasteiger partial charge is 0.448 e. The molecule has 1 aliphatic carbocycles. The highest BCUT2D eigenvalue weighted by atomic mass is 35.5. The van der Waals surface area contributed by atoms with E-state index in [-0.39, 0.29) is 5.91 Å². The van der Waals surface area contributed by atoms with Crippen LogP contribution < -0.4 is 5.32 Å². The lowest BCUT2D eigenvalue weighted by molar-refractivity contribution is -0.123. The number of rotatable bonds is 4. The summed E-state index contributed by atoms with van der Waals surface area (Å²) in [6.45, 7) is 1.56. The zero-order chi connectivity index (χ0) is 16.4. The van der Waals surface area contributed by atoms with Gasteiger partial charge in [-0.2, -0.15) is 0 Å². The third-order valence-corrected chi connectivity index (χ3v) is 5.18. The van der Waals surface area contributed by atoms with Gasteiger partial charge >= 0.3 is 5.97 Å². The topological polar surface area (TPSA) is 55.4 Å². The predicted molar refractivity (Wildman–Crippen MR) is 91.3 cm³/mol. The highest BCUT2D eigenvalue weighted by Crippen LogP contribution is 2.31. The van der Waals surface area contributed by atoms with Crippen LogP contribution in [0.15, 0.2) is 30.3 Å². The zero-order valence-electron chi connectivity index (χ0n) is 12.6. The number of hydrogen-bond donors (Lipinski definition) is 1. The monoisotopic (exact) mass is 349 g/mol. The van der Waals surface area contributed by atoms with Crippen LogP contribution in [0, 0.1) is 0 Å². The summed E-state index contributed by atoms with van der Waals surface area (Å²) in [7, 11) is 0. The van der Waals surface area contributed by atoms with Crippen molar-refractivity contribution in [3.05, 3.63) is 50.7 Å². The first kappa shape index (κ1) is 16.0. The smallest absolute Gasteiger partial charge is 0.349 e. The Morgan fingerprint density at radius 1 is 1.26 bits per heavy atom. The third-order valence-electron chi connectivity index (χ3n) is 3.71. The Bertz CT molecular complexity index is 717. The molecule has 4 nitrogen and oxygen atoms in total. The van der Waals surface area contributed by atoms with Crippen LogP contribution in [0.5, 0.6) is 0 Å². The predicted octanol–water partition coefficient (Wildman–Crippen LogP) is 4.07. The van der Waals surface area contributed by atoms with Crippen molar-refractivity contribution >= 4 is 40.5 Å². The molecule has 0 fully saturated rings. The average Bonchev–Trinajstić information content (AvgIpc) is 3.10. The SMILES string of the molecule is C[C@@H](OC(=O)c1cc2c(s1)CCC2)C(=O)Nc1ccc(Cl)cc1. The summed E-state index contributed by atoms with van der Waals surface area (Å²) in [5.74, 6) is -0.812. The molecule has 2 aromatic rings. The molecule has 0 bridgehead atoms. The minimum atomic E-state index is -0.866. The van der Waals surface area contributed by atoms with Crippen LogP contribution in [0.3, 0.4) is 0 Å². The number of amides is 1. The van der Waals surface area contributed by atoms with Crippen LogP contribution in [0.2, 0.25) is 5.02 Å². The summed E-state index contributed by atoms with van der Waals surface area (Å²) < 4.78 is 5.26. The maximum Gasteiger partial charge on any atom is 0.349 e. The number of anilines is 1. The van der Waals surface area contributed by atoms with Crippen molar-refractivity contribution in [3.8, 4) is 0 Å². The fraction of sp³-hybridized carbons (Fsp3) is 0.294. The van der Waals surface area contributed by atoms with Gasteiger partial charge < -0.3 is 10.1 Å². The number of carbonyl (C=O) groups excluding carboxylic acids is 2. The van der Waals surface area contributed by atoms with Crippen LogP contribution in [-0.2, 0) is 22.4 Å². The highest BCUT2D eigenvalue weighted by Gasteiger charge is 2.23. The second kappa shape index (κ2) is 6.72. The van der Waals surface area contributed by atoms with E-state index in [0.717, 1.165) is 19.3 Å². The van der Waals surface area contributed by atoms with Crippen LogP contribution >= 0.6 is 22.9 Å². The molecule has 0 aliphatic heterocycles. The van der Waals surface area contributed by atoms with Gasteiger partial charge in [-0.1, -0.05) is 11.6 Å². The van der Waals surface area contributed by atoms with E-state index < -0.39 is 12.1 Å². The first-order valence-electron chi connectivity index (χ1n) is 7.42. The molecular weight excluding hydrogens is 334 g/mol. The van der Waals surface area contributed by atoms with Crippen LogP contribution in [-0.4, -0.2) is 18.0 Å². The van der Waals surface area contributed by atoms with E-state index in [2.05, 4.69) is 5.32 Å². The van der Waals surface area contributed by atoms with E-state index in [1.807, 2.05) is 6.07 Å². The summed E-state index contributed by atoms with van der Waals surface area (Å²) >= 11 is 7.27. The fourth-order valence-corrected chi connectivity index (χ4v) is 3.74. The van der Waals surface area contributed by atoms with Crippen molar-refractivity contribution in [3.63, 3.8) is 0 Å². The molecule has 1 heterocycles. The molecule has 1 aromatic heterocycles. The van der Waals surface area contributed by atoms with Crippen molar-refractivity contribution in [2.24, 2.45) is 0 Å². The summed E-state index contributed by atoms with van der Waals surface area (Å²) in [6, 6.07) is 8.64. The van der Waals surface area contributed by atoms with Crippen molar-refractivity contribution in [2.75, 3.05) is 5.32 Å². The number of esters is 1. The lowest BCUT2D eigenvalue weighted by Gasteiger charge is -2.13. The first-order valence-corrected chi connectivity index (χ1v) is 8.61. The number of aryl methyl sites for hydroxylation is 2. The zero-order valence-corrected chi connectivity index (χ0v) is 14.2. The van der Waals surface area contributed by atoms with Gasteiger partial charge in [0.25, 0.3) is 5.91 Å². The standard InChI is InChI=1S/C17H16ClNO3S/c1-10(16(20)19-13-7-5-12(18)6-8-13)22-17(21)15-9-11-3-2-4-14(11)23-15/h5-10H,2-4H2,1H3,(H,19,20)/t10-/m1/s1. The molecule has 1 atom stereocenters. The minimum absolute atomic E-state index is 0.371. The molecule has 1 amide bonds. The van der Waals surface area contributed by atoms with Gasteiger partial charge in [0.15, 0.2) is 6.10 Å². The lowest BCUT2D eigenvalue weighted by Crippen LogP contribution is -2.29. The Kier molecular flexibility index (Phi) is 4.68. The number of thiophene rings is 1. The molecule has 0 radical (unpaired) electrons. The molecule has 1 aliphatic rings. The van der Waals surface area contributed by atoms with Crippen molar-refractivity contribution in [2.45, 2.75) is 32.3 Å². The van der Waals surface area contributed by atoms with Crippen LogP contribution in [0.1, 0.15) is 33.5 Å². The number of ether oxygens (including phenoxy) is 1. The second-order valence-electron chi connectivity index (χ2n) is 5.46. The fourth-order valence-electron chi connectivity index (χ4n) is 2.48. The van der Waals surface area contributed by atoms with E-state index in [1.165, 1.54) is 21.8 Å². The number of nitrogens with one attached hydrogen (secondary N) is 1. The number of benzene rings is 1. The van der Waals surface area contributed by atoms with E-state index in [9.17, 15) is 9.59 Å². The van der Waals surface area contributed by atoms with Crippen LogP contribution in [0.25, 0.3) is 0 Å². The summed E-state index contributed by atoms with van der Waals surface area (Å²) in [5, 5.41) is 3.28. The number of fused-ring (bicyclic) bond motifs is 1. The normalized spacial score (nSPS) is 14.2. The maximum atomic E-state index is 12.2. The van der Waals surface area contributed by atoms with Gasteiger partial charge in [0, 0.05) is 15.6 Å². The molecule has 0 saturated heterocycles. The number of carbonyl (C=O) groups is 2. The molecule has 1 N–H and O–H groups in total. The van der Waals surface area contributed by atoms with Gasteiger partial charge in [-0.05, 0) is 62.1 Å². The Hall–Kier alpha value is -1.85. The quantitative estimate of drug-likeness (QED) is 0.846. The molecule has 3 rings (SSSR count). The van der Waals surface area contributed by atoms with Gasteiger partial charge in [-0.15, -0.1) is 11.3 Å². The Balaban J connectivity index is 1.58. The second-order valence-corrected chi connectivity index (χ2v) is 7.03. The van der Waals surface area contributed by atoms with Crippen molar-refractivity contribution < 1.29 is 14.3 Å². The first-order chi connectivity index (χ1) is 11.0. The van der Waals surface area contributed by atoms with Gasteiger partial charge in [0.2, 0.25) is 0 Å². The molecular formula is C17H16ClNO3S. The van der Waals surface area contributed by atoms with Crippen molar-refractivity contribution in [1.82, 2.24) is 0 Å². The van der Waals surface area contributed by atoms with Crippen molar-refractivity contribution in [1.29, 1.82) is 0 Å². The molecule has 1 aromatic carbocycles. The minimum Gasteiger partial charge on any atom is -0.448 e. The van der Waals surface area contributed by atoms with E-state index in [1.54, 1.807) is 31.2 Å². The Morgan fingerprint density at radius 2 is 2.00 bits per heavy atom. The van der Waals surface area contributed by atoms with E-state index in [0.29, 0.717) is 15.6 Å². The van der Waals surface area contributed by atoms with Gasteiger partial charge in [0.05, 0.1) is 0 Å². The molecule has 0 spiro atoms. The average molecular weight is 350 g/mol. The summed E-state index contributed by atoms with van der Waals surface area (Å²) in [4.78, 5) is 26.1. The van der Waals surface area contributed by atoms with Gasteiger partial charge in [-0.25, -0.2) is 4.79 Å². The molecule has 6 heteroatoms.